The topological polar surface area (TPSA) is 114 Å². The molecule has 3 N–H and O–H groups in total. The summed E-state index contributed by atoms with van der Waals surface area (Å²) in [7, 11) is 1.73. The molecule has 1 aromatic heterocycles. The summed E-state index contributed by atoms with van der Waals surface area (Å²) in [5, 5.41) is 12.1. The Labute approximate surface area is 179 Å². The van der Waals surface area contributed by atoms with Crippen molar-refractivity contribution >= 4 is 29.3 Å². The van der Waals surface area contributed by atoms with Crippen LogP contribution in [-0.4, -0.2) is 33.7 Å². The molecule has 0 aliphatic heterocycles. The molecule has 3 rings (SSSR count). The Morgan fingerprint density at radius 1 is 0.968 bits per heavy atom. The Morgan fingerprint density at radius 2 is 1.71 bits per heavy atom. The van der Waals surface area contributed by atoms with Crippen LogP contribution >= 0.6 is 0 Å². The molecule has 0 aliphatic carbocycles. The molecule has 9 heteroatoms. The lowest BCUT2D eigenvalue weighted by Crippen LogP contribution is -2.34. The molecule has 0 spiro atoms. The van der Waals surface area contributed by atoms with Gasteiger partial charge in [-0.25, -0.2) is 9.59 Å². The van der Waals surface area contributed by atoms with E-state index in [9.17, 15) is 14.4 Å². The van der Waals surface area contributed by atoms with Gasteiger partial charge >= 0.3 is 12.0 Å². The molecule has 0 bridgehead atoms. The van der Waals surface area contributed by atoms with Gasteiger partial charge in [0.2, 0.25) is 0 Å². The molecule has 1 heterocycles. The van der Waals surface area contributed by atoms with Crippen LogP contribution in [0.4, 0.5) is 16.2 Å². The third-order valence-corrected chi connectivity index (χ3v) is 4.07. The quantitative estimate of drug-likeness (QED) is 0.417. The van der Waals surface area contributed by atoms with Crippen LogP contribution in [-0.2, 0) is 7.05 Å². The fraction of sp³-hybridized carbons (Fsp3) is 0.182. The lowest BCUT2D eigenvalue weighted by atomic mass is 10.2. The molecular formula is C22H23N5O4. The lowest BCUT2D eigenvalue weighted by molar-refractivity contribution is 0.0734. The highest BCUT2D eigenvalue weighted by molar-refractivity contribution is 6.04. The Morgan fingerprint density at radius 3 is 2.35 bits per heavy atom. The summed E-state index contributed by atoms with van der Waals surface area (Å²) in [4.78, 5) is 36.4. The van der Waals surface area contributed by atoms with E-state index in [1.165, 1.54) is 12.3 Å². The van der Waals surface area contributed by atoms with E-state index in [1.54, 1.807) is 60.4 Å². The molecule has 3 amide bonds. The van der Waals surface area contributed by atoms with E-state index in [4.69, 9.17) is 4.74 Å². The van der Waals surface area contributed by atoms with Crippen molar-refractivity contribution in [2.75, 3.05) is 10.6 Å². The fourth-order valence-electron chi connectivity index (χ4n) is 2.67. The lowest BCUT2D eigenvalue weighted by Gasteiger charge is -2.11. The molecule has 0 radical (unpaired) electrons. The second-order valence-electron chi connectivity index (χ2n) is 7.10. The van der Waals surface area contributed by atoms with Gasteiger partial charge in [0.25, 0.3) is 5.91 Å². The van der Waals surface area contributed by atoms with Gasteiger partial charge in [-0.1, -0.05) is 6.07 Å². The predicted molar refractivity (Wildman–Crippen MR) is 116 cm³/mol. The van der Waals surface area contributed by atoms with Crippen molar-refractivity contribution in [2.45, 2.75) is 19.9 Å². The van der Waals surface area contributed by atoms with Crippen LogP contribution in [0.25, 0.3) is 0 Å². The van der Waals surface area contributed by atoms with Crippen molar-refractivity contribution in [1.29, 1.82) is 0 Å². The highest BCUT2D eigenvalue weighted by Crippen LogP contribution is 2.19. The molecule has 0 atom stereocenters. The molecule has 0 fully saturated rings. The van der Waals surface area contributed by atoms with Gasteiger partial charge in [-0.3, -0.25) is 9.48 Å². The first-order valence-corrected chi connectivity index (χ1v) is 9.60. The zero-order valence-corrected chi connectivity index (χ0v) is 17.4. The summed E-state index contributed by atoms with van der Waals surface area (Å²) in [5.74, 6) is -0.538. The zero-order chi connectivity index (χ0) is 22.4. The van der Waals surface area contributed by atoms with Crippen LogP contribution in [0, 0.1) is 0 Å². The molecular weight excluding hydrogens is 398 g/mol. The van der Waals surface area contributed by atoms with Crippen molar-refractivity contribution in [3.8, 4) is 5.75 Å². The summed E-state index contributed by atoms with van der Waals surface area (Å²) in [5.41, 5.74) is 1.75. The zero-order valence-electron chi connectivity index (χ0n) is 17.4. The predicted octanol–water partition coefficient (Wildman–Crippen LogP) is 3.42. The standard InChI is InChI=1S/C22H23N5O4/c1-14(2)24-22(30)26-18-6-4-5-15(11-18)21(29)31-19-9-7-17(8-10-19)25-20(28)16-12-23-27(3)13-16/h4-14H,1-3H3,(H,25,28)(H2,24,26,30). The average Bonchev–Trinajstić information content (AvgIpc) is 3.15. The van der Waals surface area contributed by atoms with E-state index in [0.717, 1.165) is 0 Å². The highest BCUT2D eigenvalue weighted by atomic mass is 16.5. The highest BCUT2D eigenvalue weighted by Gasteiger charge is 2.12. The van der Waals surface area contributed by atoms with Crippen molar-refractivity contribution < 1.29 is 19.1 Å². The summed E-state index contributed by atoms with van der Waals surface area (Å²) in [6.07, 6.45) is 3.09. The number of nitrogens with one attached hydrogen (secondary N) is 3. The van der Waals surface area contributed by atoms with Crippen LogP contribution in [0.1, 0.15) is 34.6 Å². The van der Waals surface area contributed by atoms with Crippen molar-refractivity contribution in [2.24, 2.45) is 7.05 Å². The number of aromatic nitrogens is 2. The van der Waals surface area contributed by atoms with Crippen molar-refractivity contribution in [1.82, 2.24) is 15.1 Å². The van der Waals surface area contributed by atoms with Gasteiger partial charge in [-0.05, 0) is 56.3 Å². The van der Waals surface area contributed by atoms with Crippen molar-refractivity contribution in [3.63, 3.8) is 0 Å². The number of urea groups is 1. The largest absolute Gasteiger partial charge is 0.423 e. The van der Waals surface area contributed by atoms with Gasteiger partial charge in [0.1, 0.15) is 5.75 Å². The van der Waals surface area contributed by atoms with E-state index in [1.807, 2.05) is 13.8 Å². The van der Waals surface area contributed by atoms with Gasteiger partial charge in [-0.2, -0.15) is 5.10 Å². The average molecular weight is 421 g/mol. The fourth-order valence-corrected chi connectivity index (χ4v) is 2.67. The van der Waals surface area contributed by atoms with Gasteiger partial charge < -0.3 is 20.7 Å². The van der Waals surface area contributed by atoms with E-state index in [0.29, 0.717) is 22.7 Å². The maximum atomic E-state index is 12.5. The van der Waals surface area contributed by atoms with E-state index in [2.05, 4.69) is 21.0 Å². The third kappa shape index (κ3) is 6.17. The molecule has 0 saturated heterocycles. The number of carbonyl (C=O) groups is 3. The SMILES string of the molecule is CC(C)NC(=O)Nc1cccc(C(=O)Oc2ccc(NC(=O)c3cnn(C)c3)cc2)c1. The second kappa shape index (κ2) is 9.57. The van der Waals surface area contributed by atoms with E-state index < -0.39 is 5.97 Å². The summed E-state index contributed by atoms with van der Waals surface area (Å²) < 4.78 is 6.92. The number of esters is 1. The number of nitrogens with zero attached hydrogens (tertiary/aromatic N) is 2. The van der Waals surface area contributed by atoms with Gasteiger partial charge in [0.05, 0.1) is 17.3 Å². The van der Waals surface area contributed by atoms with Crippen LogP contribution in [0.3, 0.4) is 0 Å². The number of ether oxygens (including phenoxy) is 1. The van der Waals surface area contributed by atoms with Crippen molar-refractivity contribution in [3.05, 3.63) is 72.1 Å². The summed E-state index contributed by atoms with van der Waals surface area (Å²) in [6, 6.07) is 12.5. The molecule has 160 valence electrons. The molecule has 31 heavy (non-hydrogen) atoms. The minimum Gasteiger partial charge on any atom is -0.423 e. The third-order valence-electron chi connectivity index (χ3n) is 4.07. The first-order chi connectivity index (χ1) is 14.8. The Hall–Kier alpha value is -4.14. The Balaban J connectivity index is 1.60. The Bertz CT molecular complexity index is 1090. The molecule has 9 nitrogen and oxygen atoms in total. The van der Waals surface area contributed by atoms with Gasteiger partial charge in [-0.15, -0.1) is 0 Å². The minimum atomic E-state index is -0.569. The number of amides is 3. The number of aryl methyl sites for hydroxylation is 1. The van der Waals surface area contributed by atoms with Crippen LogP contribution in [0.2, 0.25) is 0 Å². The summed E-state index contributed by atoms with van der Waals surface area (Å²) in [6.45, 7) is 3.70. The minimum absolute atomic E-state index is 0.00902. The first kappa shape index (κ1) is 21.6. The first-order valence-electron chi connectivity index (χ1n) is 9.60. The maximum Gasteiger partial charge on any atom is 0.343 e. The molecule has 0 unspecified atom stereocenters. The normalized spacial score (nSPS) is 10.5. The summed E-state index contributed by atoms with van der Waals surface area (Å²) >= 11 is 0. The van der Waals surface area contributed by atoms with Crippen LogP contribution < -0.4 is 20.7 Å². The number of carbonyl (C=O) groups excluding carboxylic acids is 3. The van der Waals surface area contributed by atoms with E-state index in [-0.39, 0.29) is 23.5 Å². The maximum absolute atomic E-state index is 12.5. The van der Waals surface area contributed by atoms with Crippen LogP contribution in [0.5, 0.6) is 5.75 Å². The molecule has 0 saturated carbocycles. The van der Waals surface area contributed by atoms with Crippen LogP contribution in [0.15, 0.2) is 60.9 Å². The molecule has 0 aliphatic rings. The van der Waals surface area contributed by atoms with E-state index >= 15 is 0 Å². The number of hydrogen-bond donors (Lipinski definition) is 3. The monoisotopic (exact) mass is 421 g/mol. The van der Waals surface area contributed by atoms with Gasteiger partial charge in [0, 0.05) is 30.7 Å². The number of benzene rings is 2. The number of rotatable bonds is 6. The van der Waals surface area contributed by atoms with Gasteiger partial charge in [0.15, 0.2) is 0 Å². The molecule has 2 aromatic carbocycles. The smallest absolute Gasteiger partial charge is 0.343 e. The second-order valence-corrected chi connectivity index (χ2v) is 7.10. The number of hydrogen-bond acceptors (Lipinski definition) is 5. The molecule has 3 aromatic rings. The number of anilines is 2. The Kier molecular flexibility index (Phi) is 6.66.